The quantitative estimate of drug-likeness (QED) is 0.406. The van der Waals surface area contributed by atoms with Gasteiger partial charge in [0.15, 0.2) is 11.5 Å². The molecule has 0 aliphatic heterocycles. The summed E-state index contributed by atoms with van der Waals surface area (Å²) >= 11 is 3.66. The highest BCUT2D eigenvalue weighted by Gasteiger charge is 2.13. The van der Waals surface area contributed by atoms with Gasteiger partial charge in [-0.3, -0.25) is 0 Å². The lowest BCUT2D eigenvalue weighted by Crippen LogP contribution is -2.16. The van der Waals surface area contributed by atoms with Gasteiger partial charge in [0, 0.05) is 25.5 Å². The predicted molar refractivity (Wildman–Crippen MR) is 119 cm³/mol. The normalized spacial score (nSPS) is 10.9. The second kappa shape index (κ2) is 11.0. The zero-order valence-corrected chi connectivity index (χ0v) is 18.6. The third kappa shape index (κ3) is 6.61. The van der Waals surface area contributed by atoms with E-state index in [1.165, 1.54) is 5.56 Å². The molecule has 0 spiro atoms. The van der Waals surface area contributed by atoms with Gasteiger partial charge in [-0.15, -0.1) is 0 Å². The molecule has 0 atom stereocenters. The molecule has 1 heterocycles. The summed E-state index contributed by atoms with van der Waals surface area (Å²) in [6, 6.07) is 12.5. The molecule has 0 bridgehead atoms. The van der Waals surface area contributed by atoms with Gasteiger partial charge in [-0.1, -0.05) is 29.8 Å². The van der Waals surface area contributed by atoms with Gasteiger partial charge in [0.1, 0.15) is 6.61 Å². The van der Waals surface area contributed by atoms with Crippen LogP contribution in [-0.4, -0.2) is 22.7 Å². The zero-order chi connectivity index (χ0) is 20.5. The van der Waals surface area contributed by atoms with Crippen molar-refractivity contribution in [1.82, 2.24) is 14.9 Å². The van der Waals surface area contributed by atoms with Crippen molar-refractivity contribution in [1.29, 1.82) is 0 Å². The first-order chi connectivity index (χ1) is 14.2. The fraction of sp³-hybridized carbons (Fsp3) is 0.348. The zero-order valence-electron chi connectivity index (χ0n) is 17.0. The number of hydrogen-bond donors (Lipinski definition) is 1. The Bertz CT molecular complexity index is 897. The molecule has 1 N–H and O–H groups in total. The molecule has 3 aromatic rings. The van der Waals surface area contributed by atoms with E-state index in [1.807, 2.05) is 31.7 Å². The van der Waals surface area contributed by atoms with E-state index in [1.54, 1.807) is 0 Å². The van der Waals surface area contributed by atoms with Gasteiger partial charge in [0.25, 0.3) is 0 Å². The number of rotatable bonds is 11. The largest absolute Gasteiger partial charge is 0.490 e. The van der Waals surface area contributed by atoms with Gasteiger partial charge in [0.05, 0.1) is 17.4 Å². The van der Waals surface area contributed by atoms with Crippen LogP contribution in [0.2, 0.25) is 0 Å². The molecule has 0 aliphatic carbocycles. The molecule has 0 saturated heterocycles. The van der Waals surface area contributed by atoms with E-state index in [0.29, 0.717) is 13.2 Å². The van der Waals surface area contributed by atoms with Gasteiger partial charge in [-0.2, -0.15) is 0 Å². The molecule has 5 nitrogen and oxygen atoms in total. The Morgan fingerprint density at radius 1 is 1.14 bits per heavy atom. The van der Waals surface area contributed by atoms with Crippen LogP contribution in [0.1, 0.15) is 30.0 Å². The van der Waals surface area contributed by atoms with Crippen molar-refractivity contribution in [3.8, 4) is 11.5 Å². The maximum atomic E-state index is 6.10. The smallest absolute Gasteiger partial charge is 0.175 e. The fourth-order valence-electron chi connectivity index (χ4n) is 3.12. The van der Waals surface area contributed by atoms with Crippen LogP contribution < -0.4 is 14.8 Å². The molecular weight excluding hydrogens is 430 g/mol. The lowest BCUT2D eigenvalue weighted by Gasteiger charge is -2.16. The second-order valence-electron chi connectivity index (χ2n) is 6.95. The summed E-state index contributed by atoms with van der Waals surface area (Å²) in [5.41, 5.74) is 3.53. The Morgan fingerprint density at radius 3 is 2.79 bits per heavy atom. The maximum Gasteiger partial charge on any atom is 0.175 e. The number of benzene rings is 2. The summed E-state index contributed by atoms with van der Waals surface area (Å²) in [5, 5.41) is 3.49. The van der Waals surface area contributed by atoms with Crippen molar-refractivity contribution in [3.63, 3.8) is 0 Å². The van der Waals surface area contributed by atoms with Gasteiger partial charge in [-0.25, -0.2) is 4.98 Å². The van der Waals surface area contributed by atoms with Crippen LogP contribution in [0.15, 0.2) is 59.6 Å². The number of aryl methyl sites for hydroxylation is 2. The van der Waals surface area contributed by atoms with Crippen LogP contribution in [0, 0.1) is 6.92 Å². The Morgan fingerprint density at radius 2 is 2.03 bits per heavy atom. The number of aromatic nitrogens is 2. The van der Waals surface area contributed by atoms with Crippen LogP contribution >= 0.6 is 15.9 Å². The van der Waals surface area contributed by atoms with Gasteiger partial charge < -0.3 is 19.4 Å². The van der Waals surface area contributed by atoms with E-state index in [-0.39, 0.29) is 0 Å². The van der Waals surface area contributed by atoms with E-state index in [0.717, 1.165) is 53.2 Å². The average Bonchev–Trinajstić information content (AvgIpc) is 3.21. The summed E-state index contributed by atoms with van der Waals surface area (Å²) in [5.74, 6) is 1.52. The number of nitrogens with zero attached hydrogens (tertiary/aromatic N) is 2. The van der Waals surface area contributed by atoms with E-state index in [2.05, 4.69) is 68.1 Å². The van der Waals surface area contributed by atoms with Crippen LogP contribution in [-0.2, 0) is 19.7 Å². The molecule has 0 aliphatic rings. The van der Waals surface area contributed by atoms with Gasteiger partial charge >= 0.3 is 0 Å². The molecule has 29 heavy (non-hydrogen) atoms. The summed E-state index contributed by atoms with van der Waals surface area (Å²) in [6.45, 7) is 7.85. The molecule has 1 aromatic heterocycles. The van der Waals surface area contributed by atoms with Crippen LogP contribution in [0.3, 0.4) is 0 Å². The first kappa shape index (κ1) is 21.4. The van der Waals surface area contributed by atoms with E-state index < -0.39 is 0 Å². The third-order valence-corrected chi connectivity index (χ3v) is 5.08. The topological polar surface area (TPSA) is 48.3 Å². The van der Waals surface area contributed by atoms with Crippen LogP contribution in [0.25, 0.3) is 0 Å². The maximum absolute atomic E-state index is 6.10. The summed E-state index contributed by atoms with van der Waals surface area (Å²) in [7, 11) is 0. The Kier molecular flexibility index (Phi) is 8.14. The third-order valence-electron chi connectivity index (χ3n) is 4.49. The Balaban J connectivity index is 1.57. The second-order valence-corrected chi connectivity index (χ2v) is 7.80. The van der Waals surface area contributed by atoms with Gasteiger partial charge in [0.2, 0.25) is 0 Å². The Labute approximate surface area is 181 Å². The average molecular weight is 458 g/mol. The van der Waals surface area contributed by atoms with E-state index in [9.17, 15) is 0 Å². The molecule has 6 heteroatoms. The summed E-state index contributed by atoms with van der Waals surface area (Å²) in [4.78, 5) is 4.06. The SMILES string of the molecule is CCOc1cc(CNCCCn2ccnc2)cc(Br)c1OCc1cccc(C)c1. The van der Waals surface area contributed by atoms with Crippen molar-refractivity contribution < 1.29 is 9.47 Å². The van der Waals surface area contributed by atoms with Crippen molar-refractivity contribution in [2.75, 3.05) is 13.2 Å². The number of imidazole rings is 1. The molecule has 0 unspecified atom stereocenters. The molecule has 3 rings (SSSR count). The minimum Gasteiger partial charge on any atom is -0.490 e. The molecule has 0 amide bonds. The van der Waals surface area contributed by atoms with E-state index >= 15 is 0 Å². The minimum atomic E-state index is 0.506. The standard InChI is InChI=1S/C23H28BrN3O2/c1-3-28-22-14-20(15-25-8-5-10-27-11-9-26-17-27)13-21(24)23(22)29-16-19-7-4-6-18(2)12-19/h4,6-7,9,11-14,17,25H,3,5,8,10,15-16H2,1-2H3. The lowest BCUT2D eigenvalue weighted by atomic mass is 10.1. The first-order valence-corrected chi connectivity index (χ1v) is 10.7. The minimum absolute atomic E-state index is 0.506. The van der Waals surface area contributed by atoms with Crippen molar-refractivity contribution in [3.05, 3.63) is 76.3 Å². The summed E-state index contributed by atoms with van der Waals surface area (Å²) < 4.78 is 15.0. The monoisotopic (exact) mass is 457 g/mol. The Hall–Kier alpha value is -2.31. The number of ether oxygens (including phenoxy) is 2. The lowest BCUT2D eigenvalue weighted by molar-refractivity contribution is 0.267. The van der Waals surface area contributed by atoms with Crippen molar-refractivity contribution in [2.45, 2.75) is 40.0 Å². The van der Waals surface area contributed by atoms with Gasteiger partial charge in [-0.05, 0) is 66.0 Å². The summed E-state index contributed by atoms with van der Waals surface area (Å²) in [6.07, 6.45) is 6.69. The molecular formula is C23H28BrN3O2. The molecule has 2 aromatic carbocycles. The number of hydrogen-bond acceptors (Lipinski definition) is 4. The fourth-order valence-corrected chi connectivity index (χ4v) is 3.73. The van der Waals surface area contributed by atoms with Crippen LogP contribution in [0.4, 0.5) is 0 Å². The van der Waals surface area contributed by atoms with E-state index in [4.69, 9.17) is 9.47 Å². The highest BCUT2D eigenvalue weighted by atomic mass is 79.9. The van der Waals surface area contributed by atoms with Crippen LogP contribution in [0.5, 0.6) is 11.5 Å². The molecule has 154 valence electrons. The number of nitrogens with one attached hydrogen (secondary N) is 1. The molecule has 0 fully saturated rings. The highest BCUT2D eigenvalue weighted by Crippen LogP contribution is 2.37. The highest BCUT2D eigenvalue weighted by molar-refractivity contribution is 9.10. The van der Waals surface area contributed by atoms with Crippen molar-refractivity contribution >= 4 is 15.9 Å². The van der Waals surface area contributed by atoms with Crippen molar-refractivity contribution in [2.24, 2.45) is 0 Å². The number of halogens is 1. The molecule has 0 radical (unpaired) electrons. The molecule has 0 saturated carbocycles. The first-order valence-electron chi connectivity index (χ1n) is 9.95. The predicted octanol–water partition coefficient (Wildman–Crippen LogP) is 5.11.